The van der Waals surface area contributed by atoms with E-state index in [0.717, 1.165) is 44.2 Å². The number of aryl methyl sites for hydroxylation is 1. The lowest BCUT2D eigenvalue weighted by molar-refractivity contribution is 0.143. The van der Waals surface area contributed by atoms with Crippen molar-refractivity contribution in [2.24, 2.45) is 0 Å². The van der Waals surface area contributed by atoms with Gasteiger partial charge in [-0.15, -0.1) is 22.6 Å². The van der Waals surface area contributed by atoms with Gasteiger partial charge in [-0.2, -0.15) is 5.21 Å². The fourth-order valence-electron chi connectivity index (χ4n) is 5.38. The van der Waals surface area contributed by atoms with E-state index in [1.807, 2.05) is 18.2 Å². The number of halogens is 2. The summed E-state index contributed by atoms with van der Waals surface area (Å²) in [6, 6.07) is 5.78. The third-order valence-electron chi connectivity index (χ3n) is 7.13. The summed E-state index contributed by atoms with van der Waals surface area (Å²) in [5.41, 5.74) is 7.19. The van der Waals surface area contributed by atoms with E-state index in [4.69, 9.17) is 10.5 Å². The molecule has 1 fully saturated rings. The number of nitrogens with one attached hydrogen (secondary N) is 2. The minimum atomic E-state index is -0.693. The first-order valence-corrected chi connectivity index (χ1v) is 11.8. The second-order valence-electron chi connectivity index (χ2n) is 9.20. The minimum Gasteiger partial charge on any atom is -0.487 e. The molecule has 1 aliphatic carbocycles. The normalized spacial score (nSPS) is 15.6. The number of nitrogens with two attached hydrogens (primary N) is 1. The van der Waals surface area contributed by atoms with Gasteiger partial charge in [-0.1, -0.05) is 18.9 Å². The SMILES string of the molecule is Cl.Nc1c(F)c(NCCCc2ccccn2)c2c3c1c(=O)c(-c1nn[nH]n1)cn3C1(CCCC1)CO2. The number of benzene rings is 1. The lowest BCUT2D eigenvalue weighted by Gasteiger charge is -2.39. The fourth-order valence-corrected chi connectivity index (χ4v) is 5.38. The molecule has 0 unspecified atom stereocenters. The predicted octanol–water partition coefficient (Wildman–Crippen LogP) is 3.43. The summed E-state index contributed by atoms with van der Waals surface area (Å²) in [5.74, 6) is -0.223. The van der Waals surface area contributed by atoms with Gasteiger partial charge in [0.25, 0.3) is 0 Å². The van der Waals surface area contributed by atoms with Crippen molar-refractivity contribution in [3.05, 3.63) is 52.3 Å². The van der Waals surface area contributed by atoms with E-state index in [-0.39, 0.29) is 46.1 Å². The van der Waals surface area contributed by atoms with Crippen LogP contribution in [0.1, 0.15) is 37.8 Å². The Balaban J connectivity index is 0.00000267. The van der Waals surface area contributed by atoms with Crippen LogP contribution in [0.15, 0.2) is 35.4 Å². The number of H-pyrrole nitrogens is 1. The Bertz CT molecular complexity index is 1450. The first-order valence-electron chi connectivity index (χ1n) is 11.8. The summed E-state index contributed by atoms with van der Waals surface area (Å²) in [5, 5.41) is 17.2. The van der Waals surface area contributed by atoms with Gasteiger partial charge in [-0.25, -0.2) is 4.39 Å². The van der Waals surface area contributed by atoms with Crippen LogP contribution in [0.2, 0.25) is 0 Å². The van der Waals surface area contributed by atoms with Crippen molar-refractivity contribution < 1.29 is 9.13 Å². The van der Waals surface area contributed by atoms with E-state index in [0.29, 0.717) is 24.4 Å². The molecule has 2 aliphatic rings. The van der Waals surface area contributed by atoms with Crippen LogP contribution in [0.25, 0.3) is 22.3 Å². The maximum Gasteiger partial charge on any atom is 0.210 e. The van der Waals surface area contributed by atoms with E-state index >= 15 is 4.39 Å². The molecule has 1 aromatic carbocycles. The molecule has 0 amide bonds. The number of nitrogen functional groups attached to an aromatic ring is 1. The zero-order valence-corrected chi connectivity index (χ0v) is 20.3. The van der Waals surface area contributed by atoms with Gasteiger partial charge in [0, 0.05) is 24.6 Å². The van der Waals surface area contributed by atoms with Crippen molar-refractivity contribution in [1.29, 1.82) is 0 Å². The van der Waals surface area contributed by atoms with Crippen molar-refractivity contribution in [3.63, 3.8) is 0 Å². The monoisotopic (exact) mass is 512 g/mol. The third kappa shape index (κ3) is 3.74. The zero-order chi connectivity index (χ0) is 24.0. The number of rotatable bonds is 6. The summed E-state index contributed by atoms with van der Waals surface area (Å²) in [6.45, 7) is 0.876. The second kappa shape index (κ2) is 9.38. The van der Waals surface area contributed by atoms with Crippen molar-refractivity contribution >= 4 is 34.7 Å². The number of aromatic nitrogens is 6. The molecule has 4 aromatic rings. The molecule has 1 saturated carbocycles. The number of aromatic amines is 1. The lowest BCUT2D eigenvalue weighted by atomic mass is 9.93. The number of fused-ring (bicyclic) bond motifs is 1. The molecule has 0 saturated heterocycles. The van der Waals surface area contributed by atoms with Crippen LogP contribution in [0.3, 0.4) is 0 Å². The van der Waals surface area contributed by atoms with Gasteiger partial charge in [0.1, 0.15) is 12.3 Å². The fraction of sp³-hybridized carbons (Fsp3) is 0.375. The average molecular weight is 513 g/mol. The summed E-state index contributed by atoms with van der Waals surface area (Å²) >= 11 is 0. The molecular formula is C24H26ClFN8O2. The minimum absolute atomic E-state index is 0. The van der Waals surface area contributed by atoms with Crippen LogP contribution < -0.4 is 21.2 Å². The maximum absolute atomic E-state index is 15.6. The van der Waals surface area contributed by atoms with Crippen LogP contribution in [0.5, 0.6) is 5.75 Å². The lowest BCUT2D eigenvalue weighted by Crippen LogP contribution is -2.41. The van der Waals surface area contributed by atoms with Crippen molar-refractivity contribution in [1.82, 2.24) is 30.2 Å². The Hall–Kier alpha value is -3.73. The highest BCUT2D eigenvalue weighted by atomic mass is 35.5. The highest BCUT2D eigenvalue weighted by Gasteiger charge is 2.42. The number of ether oxygens (including phenoxy) is 1. The number of anilines is 2. The molecule has 4 heterocycles. The largest absolute Gasteiger partial charge is 0.487 e. The Morgan fingerprint density at radius 2 is 2.11 bits per heavy atom. The Labute approximate surface area is 211 Å². The first-order chi connectivity index (χ1) is 17.1. The Morgan fingerprint density at radius 1 is 1.28 bits per heavy atom. The number of pyridine rings is 2. The predicted molar refractivity (Wildman–Crippen MR) is 136 cm³/mol. The van der Waals surface area contributed by atoms with Gasteiger partial charge < -0.3 is 20.4 Å². The molecule has 12 heteroatoms. The molecule has 0 radical (unpaired) electrons. The van der Waals surface area contributed by atoms with E-state index in [1.165, 1.54) is 0 Å². The van der Waals surface area contributed by atoms with E-state index in [1.54, 1.807) is 12.4 Å². The van der Waals surface area contributed by atoms with Crippen LogP contribution >= 0.6 is 12.4 Å². The highest BCUT2D eigenvalue weighted by molar-refractivity contribution is 6.01. The molecule has 188 valence electrons. The highest BCUT2D eigenvalue weighted by Crippen LogP contribution is 2.49. The third-order valence-corrected chi connectivity index (χ3v) is 7.13. The van der Waals surface area contributed by atoms with Crippen LogP contribution in [0.4, 0.5) is 15.8 Å². The Morgan fingerprint density at radius 3 is 2.83 bits per heavy atom. The van der Waals surface area contributed by atoms with Gasteiger partial charge in [0.2, 0.25) is 11.3 Å². The molecule has 36 heavy (non-hydrogen) atoms. The van der Waals surface area contributed by atoms with Gasteiger partial charge in [-0.3, -0.25) is 9.78 Å². The number of nitrogens with zero attached hydrogens (tertiary/aromatic N) is 5. The average Bonchev–Trinajstić information content (AvgIpc) is 3.57. The van der Waals surface area contributed by atoms with Crippen LogP contribution in [-0.4, -0.2) is 43.3 Å². The van der Waals surface area contributed by atoms with Gasteiger partial charge in [-0.05, 0) is 43.0 Å². The van der Waals surface area contributed by atoms with E-state index in [2.05, 4.69) is 35.5 Å². The van der Waals surface area contributed by atoms with Crippen molar-refractivity contribution in [2.75, 3.05) is 24.2 Å². The standard InChI is InChI=1S/C24H25FN8O2.ClH/c25-17-18(26)16-20-22(19(17)28-11-5-7-14-6-1-4-10-27-14)35-13-24(8-2-3-9-24)33(20)12-15(21(16)34)23-29-31-32-30-23;/h1,4,6,10,12,28H,2-3,5,7-9,11,13,26H2,(H,29,30,31,32);1H. The second-order valence-corrected chi connectivity index (χ2v) is 9.20. The molecule has 6 rings (SSSR count). The molecule has 0 atom stereocenters. The summed E-state index contributed by atoms with van der Waals surface area (Å²) in [7, 11) is 0. The van der Waals surface area contributed by atoms with Gasteiger partial charge in [0.15, 0.2) is 11.6 Å². The molecule has 1 aliphatic heterocycles. The zero-order valence-electron chi connectivity index (χ0n) is 19.5. The van der Waals surface area contributed by atoms with Gasteiger partial charge in [0.05, 0.1) is 27.7 Å². The smallest absolute Gasteiger partial charge is 0.210 e. The van der Waals surface area contributed by atoms with Crippen LogP contribution in [-0.2, 0) is 12.0 Å². The molecule has 3 aromatic heterocycles. The van der Waals surface area contributed by atoms with Crippen molar-refractivity contribution in [3.8, 4) is 17.1 Å². The molecule has 4 N–H and O–H groups in total. The van der Waals surface area contributed by atoms with Crippen LogP contribution in [0, 0.1) is 5.82 Å². The number of hydrogen-bond acceptors (Lipinski definition) is 8. The summed E-state index contributed by atoms with van der Waals surface area (Å²) in [4.78, 5) is 17.8. The molecular weight excluding hydrogens is 487 g/mol. The quantitative estimate of drug-likeness (QED) is 0.264. The molecule has 10 nitrogen and oxygen atoms in total. The van der Waals surface area contributed by atoms with Crippen molar-refractivity contribution in [2.45, 2.75) is 44.1 Å². The topological polar surface area (TPSA) is 137 Å². The summed E-state index contributed by atoms with van der Waals surface area (Å²) < 4.78 is 23.9. The van der Waals surface area contributed by atoms with E-state index in [9.17, 15) is 4.79 Å². The van der Waals surface area contributed by atoms with Gasteiger partial charge >= 0.3 is 0 Å². The van der Waals surface area contributed by atoms with E-state index < -0.39 is 11.2 Å². The molecule has 0 bridgehead atoms. The Kier molecular flexibility index (Phi) is 6.25. The first kappa shape index (κ1) is 24.0. The number of hydrogen-bond donors (Lipinski definition) is 3. The number of tetrazole rings is 1. The molecule has 1 spiro atoms. The maximum atomic E-state index is 15.6. The summed E-state index contributed by atoms with van der Waals surface area (Å²) in [6.07, 6.45) is 8.86.